The van der Waals surface area contributed by atoms with Gasteiger partial charge in [-0.3, -0.25) is 0 Å². The molecule has 0 aliphatic carbocycles. The Kier molecular flexibility index (Phi) is 5.27. The Morgan fingerprint density at radius 1 is 1.07 bits per heavy atom. The van der Waals surface area contributed by atoms with Crippen LogP contribution in [0, 0.1) is 5.82 Å². The van der Waals surface area contributed by atoms with Crippen LogP contribution in [0.1, 0.15) is 12.5 Å². The molecule has 0 amide bonds. The molecule has 3 aromatic rings. The summed E-state index contributed by atoms with van der Waals surface area (Å²) in [5, 5.41) is -0.449. The first kappa shape index (κ1) is 19.0. The summed E-state index contributed by atoms with van der Waals surface area (Å²) >= 11 is 5.67. The van der Waals surface area contributed by atoms with E-state index in [0.717, 1.165) is 6.07 Å². The maximum Gasteiger partial charge on any atom is 0.417 e. The molecular weight excluding hydrogens is 386 g/mol. The highest BCUT2D eigenvalue weighted by Gasteiger charge is 2.36. The zero-order valence-corrected chi connectivity index (χ0v) is 14.6. The highest BCUT2D eigenvalue weighted by atomic mass is 35.5. The molecule has 1 aromatic carbocycles. The Hall–Kier alpha value is -2.74. The minimum Gasteiger partial charge on any atom is -0.478 e. The van der Waals surface area contributed by atoms with Crippen LogP contribution in [0.2, 0.25) is 5.02 Å². The summed E-state index contributed by atoms with van der Waals surface area (Å²) in [4.78, 5) is 12.0. The Bertz CT molecular complexity index is 962. The maximum absolute atomic E-state index is 14.4. The highest BCUT2D eigenvalue weighted by Crippen LogP contribution is 2.39. The summed E-state index contributed by atoms with van der Waals surface area (Å²) in [6.45, 7) is 2.25. The maximum atomic E-state index is 14.4. The van der Waals surface area contributed by atoms with Crippen LogP contribution in [0.4, 0.5) is 17.6 Å². The second kappa shape index (κ2) is 7.48. The van der Waals surface area contributed by atoms with Crippen molar-refractivity contribution >= 4 is 11.6 Å². The van der Waals surface area contributed by atoms with Gasteiger partial charge in [0.15, 0.2) is 11.6 Å². The molecule has 2 heterocycles. The number of pyridine rings is 1. The molecule has 2 aromatic heterocycles. The van der Waals surface area contributed by atoms with Crippen molar-refractivity contribution in [1.82, 2.24) is 15.0 Å². The van der Waals surface area contributed by atoms with Gasteiger partial charge in [-0.05, 0) is 31.2 Å². The van der Waals surface area contributed by atoms with Gasteiger partial charge in [0.25, 0.3) is 0 Å². The summed E-state index contributed by atoms with van der Waals surface area (Å²) in [5.74, 6) is -1.25. The van der Waals surface area contributed by atoms with E-state index in [1.54, 1.807) is 12.1 Å². The zero-order valence-electron chi connectivity index (χ0n) is 13.9. The number of aromatic nitrogens is 3. The van der Waals surface area contributed by atoms with Gasteiger partial charge in [0, 0.05) is 24.0 Å². The normalized spacial score (nSPS) is 11.5. The molecule has 0 atom stereocenters. The molecule has 0 bridgehead atoms. The first-order chi connectivity index (χ1) is 12.8. The van der Waals surface area contributed by atoms with Crippen LogP contribution in [0.25, 0.3) is 22.6 Å². The fourth-order valence-electron chi connectivity index (χ4n) is 2.41. The minimum absolute atomic E-state index is 0.281. The standard InChI is InChI=1S/C18H12ClF4N3O/c1-2-27-14-6-3-10(9-25-14)13-7-8-24-17(26-13)15-11(18(21,22)23)4-5-12(19)16(15)20/h3-9H,2H2,1H3. The monoisotopic (exact) mass is 397 g/mol. The van der Waals surface area contributed by atoms with Crippen molar-refractivity contribution in [1.29, 1.82) is 0 Å². The van der Waals surface area contributed by atoms with Crippen molar-refractivity contribution in [3.05, 3.63) is 59.1 Å². The highest BCUT2D eigenvalue weighted by molar-refractivity contribution is 6.31. The van der Waals surface area contributed by atoms with Gasteiger partial charge < -0.3 is 4.74 Å². The molecular formula is C18H12ClF4N3O. The molecule has 3 rings (SSSR count). The first-order valence-electron chi connectivity index (χ1n) is 7.79. The molecule has 0 radical (unpaired) electrons. The Labute approximate surface area is 156 Å². The summed E-state index contributed by atoms with van der Waals surface area (Å²) in [5.41, 5.74) is -1.21. The molecule has 0 N–H and O–H groups in total. The number of hydrogen-bond acceptors (Lipinski definition) is 4. The molecule has 4 nitrogen and oxygen atoms in total. The van der Waals surface area contributed by atoms with E-state index in [2.05, 4.69) is 15.0 Å². The number of nitrogens with zero attached hydrogens (tertiary/aromatic N) is 3. The molecule has 140 valence electrons. The van der Waals surface area contributed by atoms with Crippen LogP contribution < -0.4 is 4.74 Å². The lowest BCUT2D eigenvalue weighted by molar-refractivity contribution is -0.137. The van der Waals surface area contributed by atoms with Crippen molar-refractivity contribution in [3.63, 3.8) is 0 Å². The van der Waals surface area contributed by atoms with Crippen LogP contribution in [-0.4, -0.2) is 21.6 Å². The number of halogens is 5. The number of benzene rings is 1. The van der Waals surface area contributed by atoms with Gasteiger partial charge in [-0.25, -0.2) is 19.3 Å². The Balaban J connectivity index is 2.10. The van der Waals surface area contributed by atoms with Crippen LogP contribution >= 0.6 is 11.6 Å². The third-order valence-corrected chi connectivity index (χ3v) is 3.90. The van der Waals surface area contributed by atoms with Gasteiger partial charge in [0.05, 0.1) is 28.5 Å². The molecule has 0 aliphatic rings. The van der Waals surface area contributed by atoms with E-state index in [-0.39, 0.29) is 5.69 Å². The Morgan fingerprint density at radius 3 is 2.48 bits per heavy atom. The predicted octanol–water partition coefficient (Wildman–Crippen LogP) is 5.42. The summed E-state index contributed by atoms with van der Waals surface area (Å²) in [7, 11) is 0. The summed E-state index contributed by atoms with van der Waals surface area (Å²) in [6, 6.07) is 6.28. The van der Waals surface area contributed by atoms with E-state index in [1.807, 2.05) is 6.92 Å². The van der Waals surface area contributed by atoms with E-state index in [1.165, 1.54) is 18.5 Å². The van der Waals surface area contributed by atoms with Crippen LogP contribution in [0.5, 0.6) is 5.88 Å². The molecule has 9 heteroatoms. The lowest BCUT2D eigenvalue weighted by atomic mass is 10.1. The number of hydrogen-bond donors (Lipinski definition) is 0. The van der Waals surface area contributed by atoms with Gasteiger partial charge in [0.1, 0.15) is 0 Å². The fourth-order valence-corrected chi connectivity index (χ4v) is 2.57. The second-order valence-electron chi connectivity index (χ2n) is 5.37. The van der Waals surface area contributed by atoms with E-state index in [9.17, 15) is 17.6 Å². The fraction of sp³-hybridized carbons (Fsp3) is 0.167. The molecule has 0 saturated heterocycles. The predicted molar refractivity (Wildman–Crippen MR) is 91.8 cm³/mol. The van der Waals surface area contributed by atoms with E-state index < -0.39 is 34.0 Å². The smallest absolute Gasteiger partial charge is 0.417 e. The average Bonchev–Trinajstić information content (AvgIpc) is 2.64. The van der Waals surface area contributed by atoms with Gasteiger partial charge >= 0.3 is 6.18 Å². The molecule has 0 spiro atoms. The number of ether oxygens (including phenoxy) is 1. The number of rotatable bonds is 4. The molecule has 0 fully saturated rings. The van der Waals surface area contributed by atoms with Crippen molar-refractivity contribution in [3.8, 4) is 28.5 Å². The van der Waals surface area contributed by atoms with Crippen molar-refractivity contribution in [2.24, 2.45) is 0 Å². The first-order valence-corrected chi connectivity index (χ1v) is 8.17. The van der Waals surface area contributed by atoms with Crippen LogP contribution in [-0.2, 0) is 6.18 Å². The molecule has 0 saturated carbocycles. The third-order valence-electron chi connectivity index (χ3n) is 3.60. The van der Waals surface area contributed by atoms with Crippen LogP contribution in [0.15, 0.2) is 42.7 Å². The molecule has 0 aliphatic heterocycles. The quantitative estimate of drug-likeness (QED) is 0.552. The average molecular weight is 398 g/mol. The zero-order chi connectivity index (χ0) is 19.6. The summed E-state index contributed by atoms with van der Waals surface area (Å²) < 4.78 is 59.5. The third kappa shape index (κ3) is 4.00. The van der Waals surface area contributed by atoms with Crippen molar-refractivity contribution < 1.29 is 22.3 Å². The molecule has 27 heavy (non-hydrogen) atoms. The largest absolute Gasteiger partial charge is 0.478 e. The van der Waals surface area contributed by atoms with Crippen molar-refractivity contribution in [2.75, 3.05) is 6.61 Å². The van der Waals surface area contributed by atoms with E-state index in [4.69, 9.17) is 16.3 Å². The molecule has 0 unspecified atom stereocenters. The summed E-state index contributed by atoms with van der Waals surface area (Å²) in [6.07, 6.45) is -2.09. The van der Waals surface area contributed by atoms with Gasteiger partial charge in [-0.15, -0.1) is 0 Å². The number of alkyl halides is 3. The van der Waals surface area contributed by atoms with Crippen molar-refractivity contribution in [2.45, 2.75) is 13.1 Å². The Morgan fingerprint density at radius 2 is 1.85 bits per heavy atom. The lowest BCUT2D eigenvalue weighted by Crippen LogP contribution is -2.10. The van der Waals surface area contributed by atoms with Gasteiger partial charge in [0.2, 0.25) is 5.88 Å². The van der Waals surface area contributed by atoms with Gasteiger partial charge in [-0.2, -0.15) is 13.2 Å². The van der Waals surface area contributed by atoms with E-state index >= 15 is 0 Å². The minimum atomic E-state index is -4.79. The topological polar surface area (TPSA) is 47.9 Å². The lowest BCUT2D eigenvalue weighted by Gasteiger charge is -2.14. The van der Waals surface area contributed by atoms with Crippen LogP contribution in [0.3, 0.4) is 0 Å². The second-order valence-corrected chi connectivity index (χ2v) is 5.77. The van der Waals surface area contributed by atoms with E-state index in [0.29, 0.717) is 24.1 Å². The van der Waals surface area contributed by atoms with Gasteiger partial charge in [-0.1, -0.05) is 11.6 Å². The SMILES string of the molecule is CCOc1ccc(-c2ccnc(-c3c(C(F)(F)F)ccc(Cl)c3F)n2)cn1.